The summed E-state index contributed by atoms with van der Waals surface area (Å²) < 4.78 is 5.32. The Balaban J connectivity index is 2.31. The lowest BCUT2D eigenvalue weighted by Crippen LogP contribution is -2.39. The van der Waals surface area contributed by atoms with Crippen LogP contribution in [0.1, 0.15) is 33.1 Å². The van der Waals surface area contributed by atoms with Crippen LogP contribution in [0.15, 0.2) is 0 Å². The number of aliphatic carboxylic acids is 1. The van der Waals surface area contributed by atoms with Crippen molar-refractivity contribution in [3.8, 4) is 0 Å². The monoisotopic (exact) mass is 229 g/mol. The second-order valence-electron chi connectivity index (χ2n) is 4.76. The van der Waals surface area contributed by atoms with Gasteiger partial charge >= 0.3 is 5.97 Å². The summed E-state index contributed by atoms with van der Waals surface area (Å²) in [6, 6.07) is 0.417. The van der Waals surface area contributed by atoms with Gasteiger partial charge in [0.2, 0.25) is 0 Å². The number of carboxylic acid groups (broad SMARTS) is 1. The Bertz CT molecular complexity index is 232. The highest BCUT2D eigenvalue weighted by molar-refractivity contribution is 5.66. The van der Waals surface area contributed by atoms with Crippen molar-refractivity contribution in [1.82, 2.24) is 4.90 Å². The lowest BCUT2D eigenvalue weighted by atomic mass is 10.0. The minimum Gasteiger partial charge on any atom is -0.481 e. The molecule has 3 unspecified atom stereocenters. The molecule has 0 aromatic rings. The molecule has 3 atom stereocenters. The number of methoxy groups -OCH3 is 1. The predicted octanol–water partition coefficient (Wildman–Crippen LogP) is 1.60. The van der Waals surface area contributed by atoms with E-state index in [0.717, 1.165) is 25.9 Å². The zero-order valence-electron chi connectivity index (χ0n) is 10.5. The lowest BCUT2D eigenvalue weighted by molar-refractivity contribution is -0.137. The van der Waals surface area contributed by atoms with E-state index >= 15 is 0 Å². The molecular weight excluding hydrogens is 206 g/mol. The van der Waals surface area contributed by atoms with Crippen LogP contribution in [0.4, 0.5) is 0 Å². The highest BCUT2D eigenvalue weighted by atomic mass is 16.5. The van der Waals surface area contributed by atoms with Gasteiger partial charge in [0.1, 0.15) is 0 Å². The minimum atomic E-state index is -0.684. The average molecular weight is 229 g/mol. The maximum absolute atomic E-state index is 10.5. The lowest BCUT2D eigenvalue weighted by Gasteiger charge is -2.28. The van der Waals surface area contributed by atoms with E-state index < -0.39 is 5.97 Å². The Hall–Kier alpha value is -0.610. The number of carboxylic acids is 1. The fraction of sp³-hybridized carbons (Fsp3) is 0.917. The van der Waals surface area contributed by atoms with E-state index in [4.69, 9.17) is 9.84 Å². The van der Waals surface area contributed by atoms with Crippen LogP contribution in [0, 0.1) is 5.92 Å². The number of hydrogen-bond donors (Lipinski definition) is 1. The molecule has 16 heavy (non-hydrogen) atoms. The number of rotatable bonds is 6. The summed E-state index contributed by atoms with van der Waals surface area (Å²) in [5.74, 6) is -0.139. The smallest absolute Gasteiger partial charge is 0.303 e. The van der Waals surface area contributed by atoms with Crippen LogP contribution in [0.25, 0.3) is 0 Å². The van der Waals surface area contributed by atoms with Gasteiger partial charge in [0.25, 0.3) is 0 Å². The summed E-state index contributed by atoms with van der Waals surface area (Å²) in [6.07, 6.45) is 2.46. The van der Waals surface area contributed by atoms with Gasteiger partial charge in [-0.25, -0.2) is 0 Å². The normalized spacial score (nSPS) is 25.6. The molecule has 1 aliphatic rings. The van der Waals surface area contributed by atoms with Crippen LogP contribution in [0.5, 0.6) is 0 Å². The van der Waals surface area contributed by atoms with Crippen molar-refractivity contribution in [3.63, 3.8) is 0 Å². The van der Waals surface area contributed by atoms with E-state index in [1.54, 1.807) is 7.11 Å². The summed E-state index contributed by atoms with van der Waals surface area (Å²) in [5.41, 5.74) is 0. The molecule has 1 N–H and O–H groups in total. The molecule has 1 rings (SSSR count). The van der Waals surface area contributed by atoms with Crippen LogP contribution in [-0.4, -0.2) is 48.3 Å². The molecule has 4 nitrogen and oxygen atoms in total. The van der Waals surface area contributed by atoms with Crippen LogP contribution in [0.3, 0.4) is 0 Å². The first-order valence-electron chi connectivity index (χ1n) is 6.03. The zero-order valence-corrected chi connectivity index (χ0v) is 10.5. The summed E-state index contributed by atoms with van der Waals surface area (Å²) >= 11 is 0. The highest BCUT2D eigenvalue weighted by Crippen LogP contribution is 2.24. The molecule has 0 aliphatic carbocycles. The summed E-state index contributed by atoms with van der Waals surface area (Å²) in [6.45, 7) is 6.34. The molecule has 0 amide bonds. The second-order valence-corrected chi connectivity index (χ2v) is 4.76. The molecule has 94 valence electrons. The Morgan fingerprint density at radius 3 is 2.81 bits per heavy atom. The molecular formula is C12H23NO3. The molecule has 1 aliphatic heterocycles. The Morgan fingerprint density at radius 2 is 2.25 bits per heavy atom. The van der Waals surface area contributed by atoms with Gasteiger partial charge in [0.05, 0.1) is 6.10 Å². The van der Waals surface area contributed by atoms with Crippen molar-refractivity contribution >= 4 is 5.97 Å². The van der Waals surface area contributed by atoms with Gasteiger partial charge in [0, 0.05) is 26.1 Å². The van der Waals surface area contributed by atoms with Crippen molar-refractivity contribution in [2.75, 3.05) is 20.2 Å². The molecule has 0 radical (unpaired) electrons. The molecule has 0 spiro atoms. The second kappa shape index (κ2) is 6.21. The Labute approximate surface area is 97.6 Å². The number of hydrogen-bond acceptors (Lipinski definition) is 3. The maximum atomic E-state index is 10.5. The molecule has 1 saturated heterocycles. The van der Waals surface area contributed by atoms with Crippen LogP contribution < -0.4 is 0 Å². The maximum Gasteiger partial charge on any atom is 0.303 e. The van der Waals surface area contributed by atoms with Crippen molar-refractivity contribution in [1.29, 1.82) is 0 Å². The molecule has 0 aromatic carbocycles. The minimum absolute atomic E-state index is 0.234. The molecule has 0 saturated carbocycles. The van der Waals surface area contributed by atoms with Crippen LogP contribution in [0.2, 0.25) is 0 Å². The highest BCUT2D eigenvalue weighted by Gasteiger charge is 2.28. The quantitative estimate of drug-likeness (QED) is 0.751. The molecule has 1 heterocycles. The van der Waals surface area contributed by atoms with Gasteiger partial charge < -0.3 is 9.84 Å². The van der Waals surface area contributed by atoms with E-state index in [0.29, 0.717) is 18.4 Å². The number of carbonyl (C=O) groups is 1. The van der Waals surface area contributed by atoms with E-state index in [2.05, 4.69) is 18.7 Å². The molecule has 1 fully saturated rings. The van der Waals surface area contributed by atoms with Gasteiger partial charge in [-0.15, -0.1) is 0 Å². The van der Waals surface area contributed by atoms with E-state index in [-0.39, 0.29) is 6.10 Å². The zero-order chi connectivity index (χ0) is 12.1. The summed E-state index contributed by atoms with van der Waals surface area (Å²) in [4.78, 5) is 12.9. The largest absolute Gasteiger partial charge is 0.481 e. The van der Waals surface area contributed by atoms with Crippen molar-refractivity contribution < 1.29 is 14.6 Å². The third-order valence-corrected chi connectivity index (χ3v) is 3.71. The Morgan fingerprint density at radius 1 is 1.56 bits per heavy atom. The van der Waals surface area contributed by atoms with Gasteiger partial charge in [-0.2, -0.15) is 0 Å². The number of ether oxygens (including phenoxy) is 1. The number of likely N-dealkylation sites (tertiary alicyclic amines) is 1. The first kappa shape index (κ1) is 13.5. The van der Waals surface area contributed by atoms with E-state index in [1.165, 1.54) is 0 Å². The van der Waals surface area contributed by atoms with Gasteiger partial charge in [-0.3, -0.25) is 9.69 Å². The number of nitrogens with zero attached hydrogens (tertiary/aromatic N) is 1. The van der Waals surface area contributed by atoms with Gasteiger partial charge in [-0.1, -0.05) is 0 Å². The standard InChI is InChI=1S/C12H23NO3/c1-9(10(2)16-3)13-7-6-11(8-13)4-5-12(14)15/h9-11H,4-8H2,1-3H3,(H,14,15). The van der Waals surface area contributed by atoms with Crippen molar-refractivity contribution in [2.45, 2.75) is 45.3 Å². The molecule has 0 bridgehead atoms. The van der Waals surface area contributed by atoms with Crippen LogP contribution >= 0.6 is 0 Å². The topological polar surface area (TPSA) is 49.8 Å². The first-order valence-corrected chi connectivity index (χ1v) is 6.03. The Kier molecular flexibility index (Phi) is 5.22. The third kappa shape index (κ3) is 3.76. The molecule has 4 heteroatoms. The van der Waals surface area contributed by atoms with Crippen molar-refractivity contribution in [3.05, 3.63) is 0 Å². The fourth-order valence-corrected chi connectivity index (χ4v) is 2.29. The summed E-state index contributed by atoms with van der Waals surface area (Å²) in [7, 11) is 1.74. The van der Waals surface area contributed by atoms with Gasteiger partial charge in [0.15, 0.2) is 0 Å². The van der Waals surface area contributed by atoms with Crippen molar-refractivity contribution in [2.24, 2.45) is 5.92 Å². The fourth-order valence-electron chi connectivity index (χ4n) is 2.29. The summed E-state index contributed by atoms with van der Waals surface area (Å²) in [5, 5.41) is 8.64. The SMILES string of the molecule is COC(C)C(C)N1CCC(CCC(=O)O)C1. The van der Waals surface area contributed by atoms with Crippen LogP contribution in [-0.2, 0) is 9.53 Å². The molecule has 0 aromatic heterocycles. The third-order valence-electron chi connectivity index (χ3n) is 3.71. The first-order chi connectivity index (χ1) is 7.54. The van der Waals surface area contributed by atoms with Gasteiger partial charge in [-0.05, 0) is 39.2 Å². The average Bonchev–Trinajstić information content (AvgIpc) is 2.72. The van der Waals surface area contributed by atoms with E-state index in [1.807, 2.05) is 0 Å². The predicted molar refractivity (Wildman–Crippen MR) is 62.5 cm³/mol. The van der Waals surface area contributed by atoms with E-state index in [9.17, 15) is 4.79 Å².